The zero-order valence-corrected chi connectivity index (χ0v) is 11.2. The molecule has 0 atom stereocenters. The minimum Gasteiger partial charge on any atom is -0.366 e. The molecule has 1 heterocycles. The molecule has 0 aliphatic carbocycles. The van der Waals surface area contributed by atoms with Gasteiger partial charge in [0, 0.05) is 29.5 Å². The lowest BCUT2D eigenvalue weighted by atomic mass is 10.1. The van der Waals surface area contributed by atoms with E-state index in [1.165, 1.54) is 11.1 Å². The molecule has 0 spiro atoms. The van der Waals surface area contributed by atoms with Crippen molar-refractivity contribution in [2.45, 2.75) is 20.4 Å². The number of nitrogens with two attached hydrogens (primary N) is 1. The molecule has 18 heavy (non-hydrogen) atoms. The molecule has 0 bridgehead atoms. The molecule has 2 aromatic rings. The highest BCUT2D eigenvalue weighted by Crippen LogP contribution is 2.20. The van der Waals surface area contributed by atoms with Crippen LogP contribution in [0.5, 0.6) is 0 Å². The molecular formula is C14H15ClN2O. The molecule has 2 rings (SSSR count). The van der Waals surface area contributed by atoms with Crippen molar-refractivity contribution in [2.75, 3.05) is 0 Å². The highest BCUT2D eigenvalue weighted by molar-refractivity contribution is 6.31. The molecule has 1 aromatic heterocycles. The van der Waals surface area contributed by atoms with E-state index in [4.69, 9.17) is 17.3 Å². The number of hydrogen-bond acceptors (Lipinski definition) is 1. The Hall–Kier alpha value is -1.74. The maximum atomic E-state index is 11.0. The number of aryl methyl sites for hydroxylation is 2. The number of amides is 1. The number of primary amides is 1. The fourth-order valence-electron chi connectivity index (χ4n) is 1.86. The van der Waals surface area contributed by atoms with Gasteiger partial charge in [-0.3, -0.25) is 4.79 Å². The van der Waals surface area contributed by atoms with E-state index in [0.29, 0.717) is 17.1 Å². The molecular weight excluding hydrogens is 248 g/mol. The fourth-order valence-corrected chi connectivity index (χ4v) is 2.10. The molecule has 1 aromatic carbocycles. The number of nitrogens with zero attached hydrogens (tertiary/aromatic N) is 1. The quantitative estimate of drug-likeness (QED) is 0.908. The summed E-state index contributed by atoms with van der Waals surface area (Å²) in [6.45, 7) is 4.83. The normalized spacial score (nSPS) is 10.6. The van der Waals surface area contributed by atoms with Gasteiger partial charge >= 0.3 is 0 Å². The third-order valence-electron chi connectivity index (χ3n) is 3.03. The zero-order chi connectivity index (χ0) is 13.3. The molecule has 4 heteroatoms. The Morgan fingerprint density at radius 2 is 1.89 bits per heavy atom. The maximum absolute atomic E-state index is 11.0. The Balaban J connectivity index is 2.27. The summed E-state index contributed by atoms with van der Waals surface area (Å²) in [6, 6.07) is 5.16. The lowest BCUT2D eigenvalue weighted by molar-refractivity contribution is 0.100. The Bertz CT molecular complexity index is 582. The van der Waals surface area contributed by atoms with E-state index in [2.05, 4.69) is 30.8 Å². The first-order valence-electron chi connectivity index (χ1n) is 5.68. The van der Waals surface area contributed by atoms with Crippen LogP contribution in [0.2, 0.25) is 5.02 Å². The third-order valence-corrected chi connectivity index (χ3v) is 3.38. The van der Waals surface area contributed by atoms with E-state index in [1.807, 2.05) is 6.07 Å². The first-order chi connectivity index (χ1) is 8.47. The molecule has 0 radical (unpaired) electrons. The van der Waals surface area contributed by atoms with Crippen LogP contribution in [0, 0.1) is 13.8 Å². The van der Waals surface area contributed by atoms with Crippen LogP contribution in [0.15, 0.2) is 30.6 Å². The number of carbonyl (C=O) groups is 1. The first kappa shape index (κ1) is 12.7. The average Bonchev–Trinajstić information content (AvgIpc) is 2.61. The smallest absolute Gasteiger partial charge is 0.248 e. The third kappa shape index (κ3) is 2.57. The number of hydrogen-bond donors (Lipinski definition) is 1. The lowest BCUT2D eigenvalue weighted by Crippen LogP contribution is -2.11. The van der Waals surface area contributed by atoms with Gasteiger partial charge in [-0.2, -0.15) is 0 Å². The van der Waals surface area contributed by atoms with Crippen LogP contribution in [-0.2, 0) is 6.54 Å². The van der Waals surface area contributed by atoms with Crippen LogP contribution < -0.4 is 5.73 Å². The van der Waals surface area contributed by atoms with Crippen LogP contribution in [-0.4, -0.2) is 10.5 Å². The van der Waals surface area contributed by atoms with Crippen molar-refractivity contribution in [3.05, 3.63) is 57.9 Å². The molecule has 2 N–H and O–H groups in total. The summed E-state index contributed by atoms with van der Waals surface area (Å²) < 4.78 is 2.08. The molecule has 0 aliphatic heterocycles. The Morgan fingerprint density at radius 1 is 1.28 bits per heavy atom. The highest BCUT2D eigenvalue weighted by Gasteiger charge is 2.07. The molecule has 1 amide bonds. The van der Waals surface area contributed by atoms with Crippen molar-refractivity contribution in [3.63, 3.8) is 0 Å². The Kier molecular flexibility index (Phi) is 3.43. The van der Waals surface area contributed by atoms with Gasteiger partial charge in [0.2, 0.25) is 5.91 Å². The number of benzene rings is 1. The largest absolute Gasteiger partial charge is 0.366 e. The second-order valence-electron chi connectivity index (χ2n) is 4.47. The zero-order valence-electron chi connectivity index (χ0n) is 10.4. The molecule has 0 saturated carbocycles. The SMILES string of the molecule is Cc1cn(Cc2ccc(C(N)=O)cc2Cl)cc1C. The van der Waals surface area contributed by atoms with Gasteiger partial charge in [0.05, 0.1) is 0 Å². The van der Waals surface area contributed by atoms with Crippen molar-refractivity contribution in [1.82, 2.24) is 4.57 Å². The summed E-state index contributed by atoms with van der Waals surface area (Å²) in [5, 5.41) is 0.565. The highest BCUT2D eigenvalue weighted by atomic mass is 35.5. The summed E-state index contributed by atoms with van der Waals surface area (Å²) in [4.78, 5) is 11.0. The van der Waals surface area contributed by atoms with Crippen molar-refractivity contribution in [3.8, 4) is 0 Å². The summed E-state index contributed by atoms with van der Waals surface area (Å²) in [5.41, 5.74) is 9.11. The summed E-state index contributed by atoms with van der Waals surface area (Å²) in [7, 11) is 0. The minimum absolute atomic E-state index is 0.434. The van der Waals surface area contributed by atoms with Crippen molar-refractivity contribution >= 4 is 17.5 Å². The lowest BCUT2D eigenvalue weighted by Gasteiger charge is -2.07. The number of carbonyl (C=O) groups excluding carboxylic acids is 1. The van der Waals surface area contributed by atoms with Gasteiger partial charge in [-0.25, -0.2) is 0 Å². The van der Waals surface area contributed by atoms with Crippen molar-refractivity contribution in [1.29, 1.82) is 0 Å². The molecule has 0 saturated heterocycles. The standard InChI is InChI=1S/C14H15ClN2O/c1-9-6-17(7-10(9)2)8-12-4-3-11(14(16)18)5-13(12)15/h3-7H,8H2,1-2H3,(H2,16,18). The van der Waals surface area contributed by atoms with Crippen LogP contribution in [0.3, 0.4) is 0 Å². The van der Waals surface area contributed by atoms with Gasteiger partial charge in [-0.1, -0.05) is 17.7 Å². The minimum atomic E-state index is -0.462. The van der Waals surface area contributed by atoms with Crippen LogP contribution in [0.25, 0.3) is 0 Å². The maximum Gasteiger partial charge on any atom is 0.248 e. The van der Waals surface area contributed by atoms with Crippen LogP contribution in [0.1, 0.15) is 27.0 Å². The van der Waals surface area contributed by atoms with Crippen molar-refractivity contribution in [2.24, 2.45) is 5.73 Å². The summed E-state index contributed by atoms with van der Waals surface area (Å²) in [6.07, 6.45) is 4.15. The first-order valence-corrected chi connectivity index (χ1v) is 6.06. The van der Waals surface area contributed by atoms with Gasteiger partial charge in [0.1, 0.15) is 0 Å². The van der Waals surface area contributed by atoms with E-state index < -0.39 is 5.91 Å². The Morgan fingerprint density at radius 3 is 2.39 bits per heavy atom. The monoisotopic (exact) mass is 262 g/mol. The van der Waals surface area contributed by atoms with Crippen LogP contribution >= 0.6 is 11.6 Å². The Labute approximate surface area is 111 Å². The van der Waals surface area contributed by atoms with Gasteiger partial charge in [-0.05, 0) is 42.7 Å². The summed E-state index contributed by atoms with van der Waals surface area (Å²) >= 11 is 6.15. The van der Waals surface area contributed by atoms with E-state index >= 15 is 0 Å². The number of halogens is 1. The van der Waals surface area contributed by atoms with Crippen molar-refractivity contribution < 1.29 is 4.79 Å². The topological polar surface area (TPSA) is 48.0 Å². The number of rotatable bonds is 3. The van der Waals surface area contributed by atoms with E-state index in [9.17, 15) is 4.79 Å². The van der Waals surface area contributed by atoms with Gasteiger partial charge in [-0.15, -0.1) is 0 Å². The van der Waals surface area contributed by atoms with Gasteiger partial charge in [0.15, 0.2) is 0 Å². The molecule has 0 aliphatic rings. The second-order valence-corrected chi connectivity index (χ2v) is 4.87. The molecule has 0 unspecified atom stereocenters. The molecule has 0 fully saturated rings. The van der Waals surface area contributed by atoms with Gasteiger partial charge in [0.25, 0.3) is 0 Å². The predicted molar refractivity (Wildman–Crippen MR) is 73.0 cm³/mol. The average molecular weight is 263 g/mol. The summed E-state index contributed by atoms with van der Waals surface area (Å²) in [5.74, 6) is -0.462. The number of aromatic nitrogens is 1. The van der Waals surface area contributed by atoms with E-state index in [-0.39, 0.29) is 0 Å². The predicted octanol–water partition coefficient (Wildman–Crippen LogP) is 2.91. The van der Waals surface area contributed by atoms with Crippen LogP contribution in [0.4, 0.5) is 0 Å². The fraction of sp³-hybridized carbons (Fsp3) is 0.214. The second kappa shape index (κ2) is 4.86. The molecule has 3 nitrogen and oxygen atoms in total. The van der Waals surface area contributed by atoms with E-state index in [0.717, 1.165) is 5.56 Å². The van der Waals surface area contributed by atoms with E-state index in [1.54, 1.807) is 12.1 Å². The molecule has 94 valence electrons. The van der Waals surface area contributed by atoms with Gasteiger partial charge < -0.3 is 10.3 Å².